The fourth-order valence-corrected chi connectivity index (χ4v) is 1.69. The second-order valence-electron chi connectivity index (χ2n) is 3.64. The number of methoxy groups -OCH3 is 1. The molecule has 6 nitrogen and oxygen atoms in total. The van der Waals surface area contributed by atoms with E-state index in [9.17, 15) is 14.4 Å². The van der Waals surface area contributed by atoms with Gasteiger partial charge in [0.15, 0.2) is 0 Å². The van der Waals surface area contributed by atoms with Crippen LogP contribution in [0.3, 0.4) is 0 Å². The van der Waals surface area contributed by atoms with Crippen LogP contribution >= 0.6 is 0 Å². The van der Waals surface area contributed by atoms with Crippen LogP contribution in [0.15, 0.2) is 0 Å². The van der Waals surface area contributed by atoms with E-state index in [2.05, 4.69) is 10.1 Å². The van der Waals surface area contributed by atoms with Crippen molar-refractivity contribution in [3.8, 4) is 0 Å². The Kier molecular flexibility index (Phi) is 4.00. The van der Waals surface area contributed by atoms with Crippen LogP contribution in [0.5, 0.6) is 0 Å². The van der Waals surface area contributed by atoms with E-state index in [1.165, 1.54) is 12.0 Å². The van der Waals surface area contributed by atoms with Crippen molar-refractivity contribution in [1.29, 1.82) is 0 Å². The molecule has 0 spiro atoms. The molecule has 0 aromatic rings. The van der Waals surface area contributed by atoms with Crippen LogP contribution in [-0.2, 0) is 19.1 Å². The zero-order chi connectivity index (χ0) is 12.3. The van der Waals surface area contributed by atoms with E-state index in [4.69, 9.17) is 0 Å². The van der Waals surface area contributed by atoms with E-state index in [0.29, 0.717) is 6.54 Å². The Bertz CT molecular complexity index is 316. The number of likely N-dealkylation sites (tertiary alicyclic amines) is 1. The summed E-state index contributed by atoms with van der Waals surface area (Å²) in [4.78, 5) is 35.4. The number of rotatable bonds is 4. The highest BCUT2D eigenvalue weighted by atomic mass is 16.5. The van der Waals surface area contributed by atoms with Crippen LogP contribution in [0.25, 0.3) is 0 Å². The minimum Gasteiger partial charge on any atom is -0.468 e. The molecule has 1 rings (SSSR count). The number of hydrogen-bond acceptors (Lipinski definition) is 5. The van der Waals surface area contributed by atoms with Gasteiger partial charge in [-0.3, -0.25) is 24.6 Å². The third-order valence-corrected chi connectivity index (χ3v) is 2.57. The molecule has 1 aliphatic heterocycles. The second kappa shape index (κ2) is 5.07. The summed E-state index contributed by atoms with van der Waals surface area (Å²) in [5, 5.41) is 2.79. The predicted octanol–water partition coefficient (Wildman–Crippen LogP) is -0.715. The number of amides is 2. The lowest BCUT2D eigenvalue weighted by Crippen LogP contribution is -2.46. The molecule has 0 aromatic heterocycles. The minimum atomic E-state index is -0.610. The average molecular weight is 228 g/mol. The molecule has 0 saturated carbocycles. The van der Waals surface area contributed by atoms with E-state index in [1.807, 2.05) is 0 Å². The molecule has 1 saturated heterocycles. The smallest absolute Gasteiger partial charge is 0.322 e. The fraction of sp³-hybridized carbons (Fsp3) is 0.700. The summed E-state index contributed by atoms with van der Waals surface area (Å²) < 4.78 is 4.53. The Morgan fingerprint density at radius 2 is 2.25 bits per heavy atom. The quantitative estimate of drug-likeness (QED) is 0.508. The summed E-state index contributed by atoms with van der Waals surface area (Å²) in [5.41, 5.74) is 0. The topological polar surface area (TPSA) is 75.7 Å². The van der Waals surface area contributed by atoms with E-state index in [-0.39, 0.29) is 18.2 Å². The third kappa shape index (κ3) is 2.38. The van der Waals surface area contributed by atoms with Gasteiger partial charge < -0.3 is 4.74 Å². The predicted molar refractivity (Wildman–Crippen MR) is 55.4 cm³/mol. The maximum absolute atomic E-state index is 11.7. The second-order valence-corrected chi connectivity index (χ2v) is 3.64. The van der Waals surface area contributed by atoms with E-state index >= 15 is 0 Å². The molecule has 1 N–H and O–H groups in total. The van der Waals surface area contributed by atoms with Crippen molar-refractivity contribution in [1.82, 2.24) is 10.2 Å². The Balaban J connectivity index is 2.60. The van der Waals surface area contributed by atoms with E-state index in [0.717, 1.165) is 0 Å². The van der Waals surface area contributed by atoms with Crippen molar-refractivity contribution >= 4 is 17.8 Å². The van der Waals surface area contributed by atoms with Gasteiger partial charge in [-0.05, 0) is 13.8 Å². The van der Waals surface area contributed by atoms with Gasteiger partial charge in [0.05, 0.1) is 19.6 Å². The molecule has 1 fully saturated rings. The molecule has 2 atom stereocenters. The summed E-state index contributed by atoms with van der Waals surface area (Å²) in [6.07, 6.45) is 0.105. The Morgan fingerprint density at radius 3 is 2.69 bits per heavy atom. The molecule has 16 heavy (non-hydrogen) atoms. The number of likely N-dealkylation sites (N-methyl/N-ethyl adjacent to an activating group) is 1. The summed E-state index contributed by atoms with van der Waals surface area (Å²) in [6.45, 7) is 3.70. The molecular formula is C10H16N2O4. The number of hydrogen-bond donors (Lipinski definition) is 1. The number of ether oxygens (including phenoxy) is 1. The highest BCUT2D eigenvalue weighted by Crippen LogP contribution is 2.13. The van der Waals surface area contributed by atoms with Crippen LogP contribution in [0, 0.1) is 0 Å². The van der Waals surface area contributed by atoms with Gasteiger partial charge in [0.25, 0.3) is 0 Å². The normalized spacial score (nSPS) is 22.4. The molecule has 2 amide bonds. The largest absolute Gasteiger partial charge is 0.468 e. The van der Waals surface area contributed by atoms with Crippen LogP contribution in [0.2, 0.25) is 0 Å². The Morgan fingerprint density at radius 1 is 1.62 bits per heavy atom. The zero-order valence-electron chi connectivity index (χ0n) is 9.65. The summed E-state index contributed by atoms with van der Waals surface area (Å²) in [7, 11) is 1.28. The molecule has 90 valence electrons. The lowest BCUT2D eigenvalue weighted by molar-refractivity contribution is -0.143. The Labute approximate surface area is 93.9 Å². The molecule has 0 radical (unpaired) electrons. The minimum absolute atomic E-state index is 0.105. The number of carbonyl (C=O) groups is 3. The van der Waals surface area contributed by atoms with Crippen LogP contribution < -0.4 is 5.32 Å². The maximum Gasteiger partial charge on any atom is 0.322 e. The van der Waals surface area contributed by atoms with Gasteiger partial charge in [-0.25, -0.2) is 0 Å². The summed E-state index contributed by atoms with van der Waals surface area (Å²) >= 11 is 0. The van der Waals surface area contributed by atoms with Gasteiger partial charge >= 0.3 is 5.97 Å². The first-order chi connectivity index (χ1) is 7.51. The first kappa shape index (κ1) is 12.6. The standard InChI is InChI=1S/C10H16N2O4/c1-4-12-8(13)5-7(9(12)14)11-6(2)10(15)16-3/h6-7,11H,4-5H2,1-3H3. The van der Waals surface area contributed by atoms with Crippen molar-refractivity contribution in [2.75, 3.05) is 13.7 Å². The summed E-state index contributed by atoms with van der Waals surface area (Å²) in [5.74, 6) is -0.930. The summed E-state index contributed by atoms with van der Waals surface area (Å²) in [6, 6.07) is -1.20. The van der Waals surface area contributed by atoms with E-state index < -0.39 is 18.1 Å². The Hall–Kier alpha value is -1.43. The molecule has 1 aliphatic rings. The van der Waals surface area contributed by atoms with Gasteiger partial charge in [0, 0.05) is 6.54 Å². The van der Waals surface area contributed by atoms with Crippen molar-refractivity contribution in [2.45, 2.75) is 32.4 Å². The lowest BCUT2D eigenvalue weighted by Gasteiger charge is -2.16. The first-order valence-electron chi connectivity index (χ1n) is 5.19. The van der Waals surface area contributed by atoms with Gasteiger partial charge in [0.2, 0.25) is 11.8 Å². The van der Waals surface area contributed by atoms with Crippen LogP contribution in [0.1, 0.15) is 20.3 Å². The molecule has 1 heterocycles. The van der Waals surface area contributed by atoms with Gasteiger partial charge in [-0.15, -0.1) is 0 Å². The van der Waals surface area contributed by atoms with Gasteiger partial charge in [0.1, 0.15) is 6.04 Å². The number of nitrogens with zero attached hydrogens (tertiary/aromatic N) is 1. The number of esters is 1. The molecule has 0 aromatic carbocycles. The molecule has 2 unspecified atom stereocenters. The molecule has 6 heteroatoms. The monoisotopic (exact) mass is 228 g/mol. The highest BCUT2D eigenvalue weighted by molar-refractivity contribution is 6.05. The molecule has 0 bridgehead atoms. The zero-order valence-corrected chi connectivity index (χ0v) is 9.65. The SMILES string of the molecule is CCN1C(=O)CC(NC(C)C(=O)OC)C1=O. The first-order valence-corrected chi connectivity index (χ1v) is 5.19. The lowest BCUT2D eigenvalue weighted by atomic mass is 10.2. The van der Waals surface area contributed by atoms with Gasteiger partial charge in [-0.1, -0.05) is 0 Å². The van der Waals surface area contributed by atoms with E-state index in [1.54, 1.807) is 13.8 Å². The average Bonchev–Trinajstić information content (AvgIpc) is 2.52. The fourth-order valence-electron chi connectivity index (χ4n) is 1.69. The maximum atomic E-state index is 11.7. The third-order valence-electron chi connectivity index (χ3n) is 2.57. The van der Waals surface area contributed by atoms with Crippen LogP contribution in [-0.4, -0.2) is 48.4 Å². The van der Waals surface area contributed by atoms with Crippen molar-refractivity contribution in [3.05, 3.63) is 0 Å². The number of imide groups is 1. The van der Waals surface area contributed by atoms with Crippen molar-refractivity contribution < 1.29 is 19.1 Å². The molecular weight excluding hydrogens is 212 g/mol. The molecule has 0 aliphatic carbocycles. The van der Waals surface area contributed by atoms with Crippen molar-refractivity contribution in [2.24, 2.45) is 0 Å². The van der Waals surface area contributed by atoms with Gasteiger partial charge in [-0.2, -0.15) is 0 Å². The van der Waals surface area contributed by atoms with Crippen molar-refractivity contribution in [3.63, 3.8) is 0 Å². The number of carbonyl (C=O) groups excluding carboxylic acids is 3. The highest BCUT2D eigenvalue weighted by Gasteiger charge is 2.38. The number of nitrogens with one attached hydrogen (secondary N) is 1. The van der Waals surface area contributed by atoms with Crippen LogP contribution in [0.4, 0.5) is 0 Å².